The second-order valence-electron chi connectivity index (χ2n) is 9.05. The van der Waals surface area contributed by atoms with Crippen LogP contribution in [0, 0.1) is 0 Å². The number of hydrogen-bond acceptors (Lipinski definition) is 3. The number of hydrogen-bond donors (Lipinski definition) is 3. The van der Waals surface area contributed by atoms with E-state index in [1.54, 1.807) is 20.8 Å². The van der Waals surface area contributed by atoms with Gasteiger partial charge in [0.25, 0.3) is 0 Å². The molecule has 0 radical (unpaired) electrons. The van der Waals surface area contributed by atoms with Crippen LogP contribution in [0.25, 0.3) is 0 Å². The first-order valence-corrected chi connectivity index (χ1v) is 12.9. The van der Waals surface area contributed by atoms with Crippen molar-refractivity contribution in [2.24, 2.45) is 0 Å². The first-order valence-electron chi connectivity index (χ1n) is 12.9. The Labute approximate surface area is 200 Å². The zero-order chi connectivity index (χ0) is 25.3. The number of unbranched alkanes of at least 4 members (excludes halogenated alkanes) is 9. The van der Waals surface area contributed by atoms with E-state index in [9.17, 15) is 29.7 Å². The van der Waals surface area contributed by atoms with Crippen molar-refractivity contribution in [2.75, 3.05) is 6.54 Å². The summed E-state index contributed by atoms with van der Waals surface area (Å²) < 4.78 is -0.488. The van der Waals surface area contributed by atoms with Crippen molar-refractivity contribution in [3.05, 3.63) is 12.2 Å². The van der Waals surface area contributed by atoms with Gasteiger partial charge in [-0.3, -0.25) is 4.48 Å². The standard InChI is InChI=1S/C26H47NO6/c1-5-9-10-11-12-13-14-15-16-17-18-19-20-27(21(6-2)24(28)29,22(7-3)25(30)31)23(8-4)26(32)33/h18-19,21-23H,5-17,20H2,1-4H3,(H2-,28,29,30,31,32,33)/p+1/b19-18+. The number of quaternary nitrogens is 1. The van der Waals surface area contributed by atoms with Gasteiger partial charge in [0.1, 0.15) is 0 Å². The Hall–Kier alpha value is -1.89. The van der Waals surface area contributed by atoms with Crippen molar-refractivity contribution in [1.82, 2.24) is 0 Å². The first-order chi connectivity index (χ1) is 15.7. The number of carboxylic acid groups (broad SMARTS) is 3. The van der Waals surface area contributed by atoms with Crippen molar-refractivity contribution >= 4 is 17.9 Å². The summed E-state index contributed by atoms with van der Waals surface area (Å²) in [5.74, 6) is -3.45. The summed E-state index contributed by atoms with van der Waals surface area (Å²) in [6.45, 7) is 7.34. The normalized spacial score (nSPS) is 16.2. The van der Waals surface area contributed by atoms with Gasteiger partial charge in [-0.15, -0.1) is 0 Å². The van der Waals surface area contributed by atoms with Crippen LogP contribution < -0.4 is 0 Å². The molecule has 0 spiro atoms. The summed E-state index contributed by atoms with van der Waals surface area (Å²) >= 11 is 0. The zero-order valence-electron chi connectivity index (χ0n) is 21.3. The molecule has 0 aromatic heterocycles. The molecular weight excluding hydrogens is 422 g/mol. The molecule has 0 aliphatic rings. The first kappa shape index (κ1) is 31.1. The fourth-order valence-corrected chi connectivity index (χ4v) is 5.14. The third kappa shape index (κ3) is 9.86. The minimum absolute atomic E-state index is 0.0812. The molecule has 0 aliphatic heterocycles. The zero-order valence-corrected chi connectivity index (χ0v) is 21.3. The molecule has 3 unspecified atom stereocenters. The highest BCUT2D eigenvalue weighted by molar-refractivity contribution is 5.78. The van der Waals surface area contributed by atoms with Crippen molar-refractivity contribution < 1.29 is 34.2 Å². The van der Waals surface area contributed by atoms with E-state index in [0.29, 0.717) is 0 Å². The molecule has 0 saturated heterocycles. The molecule has 0 fully saturated rings. The average Bonchev–Trinajstić information content (AvgIpc) is 2.75. The summed E-state index contributed by atoms with van der Waals surface area (Å²) in [6, 6.07) is -3.32. The quantitative estimate of drug-likeness (QED) is 0.110. The lowest BCUT2D eigenvalue weighted by molar-refractivity contribution is -0.968. The molecule has 3 atom stereocenters. The molecule has 0 amide bonds. The average molecular weight is 471 g/mol. The number of carbonyl (C=O) groups is 3. The summed E-state index contributed by atoms with van der Waals surface area (Å²) in [4.78, 5) is 36.5. The Morgan fingerprint density at radius 1 is 0.606 bits per heavy atom. The topological polar surface area (TPSA) is 112 Å². The number of aliphatic carboxylic acids is 3. The Kier molecular flexibility index (Phi) is 16.6. The van der Waals surface area contributed by atoms with E-state index in [0.717, 1.165) is 19.3 Å². The van der Waals surface area contributed by atoms with E-state index in [1.807, 2.05) is 12.2 Å². The van der Waals surface area contributed by atoms with Crippen LogP contribution >= 0.6 is 0 Å². The lowest BCUT2D eigenvalue weighted by Gasteiger charge is -2.49. The summed E-state index contributed by atoms with van der Waals surface area (Å²) in [7, 11) is 0. The highest BCUT2D eigenvalue weighted by Crippen LogP contribution is 2.31. The molecule has 0 aliphatic carbocycles. The van der Waals surface area contributed by atoms with Crippen LogP contribution in [0.5, 0.6) is 0 Å². The predicted molar refractivity (Wildman–Crippen MR) is 131 cm³/mol. The van der Waals surface area contributed by atoms with E-state index < -0.39 is 40.5 Å². The third-order valence-electron chi connectivity index (χ3n) is 6.82. The minimum atomic E-state index is -1.15. The number of allylic oxidation sites excluding steroid dienone is 1. The van der Waals surface area contributed by atoms with E-state index in [1.165, 1.54) is 44.9 Å². The molecule has 0 heterocycles. The molecule has 0 saturated carbocycles. The van der Waals surface area contributed by atoms with Gasteiger partial charge in [0.2, 0.25) is 0 Å². The molecule has 7 heteroatoms. The molecule has 0 bridgehead atoms. The van der Waals surface area contributed by atoms with Crippen LogP contribution in [0.3, 0.4) is 0 Å². The van der Waals surface area contributed by atoms with Crippen LogP contribution in [0.15, 0.2) is 12.2 Å². The molecule has 0 aromatic rings. The van der Waals surface area contributed by atoms with Crippen molar-refractivity contribution in [3.63, 3.8) is 0 Å². The van der Waals surface area contributed by atoms with Gasteiger partial charge in [-0.1, -0.05) is 85.1 Å². The van der Waals surface area contributed by atoms with Gasteiger partial charge < -0.3 is 15.3 Å². The lowest BCUT2D eigenvalue weighted by atomic mass is 9.94. The van der Waals surface area contributed by atoms with Gasteiger partial charge in [0.15, 0.2) is 18.1 Å². The van der Waals surface area contributed by atoms with Crippen LogP contribution in [-0.2, 0) is 14.4 Å². The third-order valence-corrected chi connectivity index (χ3v) is 6.82. The number of carboxylic acids is 3. The summed E-state index contributed by atoms with van der Waals surface area (Å²) in [6.07, 6.45) is 16.2. The largest absolute Gasteiger partial charge is 0.477 e. The Bertz CT molecular complexity index is 549. The van der Waals surface area contributed by atoms with Crippen LogP contribution in [0.4, 0.5) is 0 Å². The molecule has 192 valence electrons. The smallest absolute Gasteiger partial charge is 0.362 e. The summed E-state index contributed by atoms with van der Waals surface area (Å²) in [5, 5.41) is 29.8. The minimum Gasteiger partial charge on any atom is -0.477 e. The van der Waals surface area contributed by atoms with E-state index in [4.69, 9.17) is 0 Å². The SMILES string of the molecule is CCCCCCCCCCC/C=C/C[N+](C(CC)C(=O)O)(C(CC)C(=O)O)C(CC)C(=O)O. The fraction of sp³-hybridized carbons (Fsp3) is 0.808. The maximum absolute atomic E-state index is 12.2. The van der Waals surface area contributed by atoms with Gasteiger partial charge >= 0.3 is 17.9 Å². The molecule has 33 heavy (non-hydrogen) atoms. The second-order valence-corrected chi connectivity index (χ2v) is 9.05. The maximum atomic E-state index is 12.2. The van der Waals surface area contributed by atoms with Gasteiger partial charge in [-0.2, -0.15) is 0 Å². The second kappa shape index (κ2) is 17.6. The lowest BCUT2D eigenvalue weighted by Crippen LogP contribution is -2.72. The number of rotatable bonds is 21. The number of nitrogens with zero attached hydrogens (tertiary/aromatic N) is 1. The van der Waals surface area contributed by atoms with Crippen molar-refractivity contribution in [2.45, 2.75) is 129 Å². The highest BCUT2D eigenvalue weighted by atomic mass is 16.4. The molecule has 0 aromatic carbocycles. The van der Waals surface area contributed by atoms with E-state index >= 15 is 0 Å². The van der Waals surface area contributed by atoms with Gasteiger partial charge in [-0.05, 0) is 18.9 Å². The van der Waals surface area contributed by atoms with E-state index in [2.05, 4.69) is 6.92 Å². The van der Waals surface area contributed by atoms with Crippen LogP contribution in [0.1, 0.15) is 111 Å². The van der Waals surface area contributed by atoms with Crippen molar-refractivity contribution in [1.29, 1.82) is 0 Å². The Balaban J connectivity index is 5.33. The van der Waals surface area contributed by atoms with Crippen molar-refractivity contribution in [3.8, 4) is 0 Å². The fourth-order valence-electron chi connectivity index (χ4n) is 5.14. The highest BCUT2D eigenvalue weighted by Gasteiger charge is 2.55. The predicted octanol–water partition coefficient (Wildman–Crippen LogP) is 5.87. The van der Waals surface area contributed by atoms with Gasteiger partial charge in [0.05, 0.1) is 6.54 Å². The van der Waals surface area contributed by atoms with Gasteiger partial charge in [0, 0.05) is 19.3 Å². The summed E-state index contributed by atoms with van der Waals surface area (Å²) in [5.41, 5.74) is 0. The van der Waals surface area contributed by atoms with E-state index in [-0.39, 0.29) is 25.8 Å². The Morgan fingerprint density at radius 2 is 0.970 bits per heavy atom. The molecule has 3 N–H and O–H groups in total. The molecule has 7 nitrogen and oxygen atoms in total. The monoisotopic (exact) mass is 470 g/mol. The molecule has 0 rings (SSSR count). The van der Waals surface area contributed by atoms with Gasteiger partial charge in [-0.25, -0.2) is 14.4 Å². The maximum Gasteiger partial charge on any atom is 0.362 e. The van der Waals surface area contributed by atoms with Crippen LogP contribution in [0.2, 0.25) is 0 Å². The Morgan fingerprint density at radius 3 is 1.30 bits per heavy atom. The molecular formula is C26H48NO6+. The van der Waals surface area contributed by atoms with Crippen LogP contribution in [-0.4, -0.2) is 62.4 Å².